The summed E-state index contributed by atoms with van der Waals surface area (Å²) in [4.78, 5) is 30.7. The highest BCUT2D eigenvalue weighted by atomic mass is 32.1. The van der Waals surface area contributed by atoms with Crippen LogP contribution in [0.15, 0.2) is 12.4 Å². The van der Waals surface area contributed by atoms with Crippen LogP contribution in [0.3, 0.4) is 0 Å². The van der Waals surface area contributed by atoms with Gasteiger partial charge in [0.1, 0.15) is 16.7 Å². The van der Waals surface area contributed by atoms with Gasteiger partial charge in [0.05, 0.1) is 0 Å². The van der Waals surface area contributed by atoms with Gasteiger partial charge in [0.2, 0.25) is 11.8 Å². The second kappa shape index (κ2) is 5.05. The molecule has 0 saturated carbocycles. The monoisotopic (exact) mass is 265 g/mol. The van der Waals surface area contributed by atoms with Gasteiger partial charge in [0.15, 0.2) is 5.82 Å². The molecular formula is C10H11N5O2S. The largest absolute Gasteiger partial charge is 0.388 e. The molecule has 1 aromatic rings. The lowest BCUT2D eigenvalue weighted by Gasteiger charge is -2.22. The van der Waals surface area contributed by atoms with E-state index in [0.29, 0.717) is 17.9 Å². The number of amides is 2. The maximum absolute atomic E-state index is 11.6. The van der Waals surface area contributed by atoms with Crippen LogP contribution in [-0.2, 0) is 9.59 Å². The highest BCUT2D eigenvalue weighted by Gasteiger charge is 2.27. The molecular weight excluding hydrogens is 254 g/mol. The highest BCUT2D eigenvalue weighted by molar-refractivity contribution is 7.80. The number of rotatable bonds is 3. The molecule has 1 unspecified atom stereocenters. The molecule has 0 aromatic carbocycles. The van der Waals surface area contributed by atoms with Crippen LogP contribution in [0.4, 0.5) is 5.82 Å². The maximum atomic E-state index is 11.6. The molecule has 7 nitrogen and oxygen atoms in total. The summed E-state index contributed by atoms with van der Waals surface area (Å²) >= 11 is 4.85. The van der Waals surface area contributed by atoms with Crippen LogP contribution >= 0.6 is 12.2 Å². The molecule has 1 aromatic heterocycles. The van der Waals surface area contributed by atoms with Crippen molar-refractivity contribution < 1.29 is 9.59 Å². The Morgan fingerprint density at radius 2 is 2.17 bits per heavy atom. The van der Waals surface area contributed by atoms with Crippen molar-refractivity contribution in [3.05, 3.63) is 18.1 Å². The van der Waals surface area contributed by atoms with E-state index in [-0.39, 0.29) is 23.2 Å². The summed E-state index contributed by atoms with van der Waals surface area (Å²) in [6, 6.07) is -0.535. The Kier molecular flexibility index (Phi) is 3.47. The minimum Gasteiger partial charge on any atom is -0.388 e. The topological polar surface area (TPSA) is 110 Å². The summed E-state index contributed by atoms with van der Waals surface area (Å²) in [7, 11) is 0. The number of nitrogens with two attached hydrogens (primary N) is 1. The van der Waals surface area contributed by atoms with Crippen molar-refractivity contribution in [1.29, 1.82) is 0 Å². The lowest BCUT2D eigenvalue weighted by molar-refractivity contribution is -0.133. The van der Waals surface area contributed by atoms with Crippen LogP contribution in [0.2, 0.25) is 0 Å². The minimum atomic E-state index is -0.535. The number of nitrogens with zero attached hydrogens (tertiary/aromatic N) is 2. The van der Waals surface area contributed by atoms with Gasteiger partial charge in [-0.3, -0.25) is 14.9 Å². The van der Waals surface area contributed by atoms with Crippen molar-refractivity contribution in [2.24, 2.45) is 5.73 Å². The maximum Gasteiger partial charge on any atom is 0.249 e. The van der Waals surface area contributed by atoms with Crippen molar-refractivity contribution >= 4 is 34.8 Å². The van der Waals surface area contributed by atoms with E-state index in [1.807, 2.05) is 0 Å². The molecule has 1 atom stereocenters. The molecule has 1 aliphatic rings. The Bertz CT molecular complexity index is 519. The molecule has 1 saturated heterocycles. The third-order valence-electron chi connectivity index (χ3n) is 2.48. The number of hydrogen-bond acceptors (Lipinski definition) is 6. The number of nitrogens with one attached hydrogen (secondary N) is 2. The third kappa shape index (κ3) is 2.59. The van der Waals surface area contributed by atoms with Crippen LogP contribution in [0.25, 0.3) is 0 Å². The zero-order valence-corrected chi connectivity index (χ0v) is 10.2. The lowest BCUT2D eigenvalue weighted by atomic mass is 10.1. The normalized spacial score (nSPS) is 19.2. The van der Waals surface area contributed by atoms with Crippen molar-refractivity contribution in [2.45, 2.75) is 18.9 Å². The highest BCUT2D eigenvalue weighted by Crippen LogP contribution is 2.14. The SMILES string of the molecule is NC(=S)c1nccnc1NC1CCC(=O)NC1=O. The Morgan fingerprint density at radius 3 is 2.83 bits per heavy atom. The molecule has 4 N–H and O–H groups in total. The molecule has 0 bridgehead atoms. The van der Waals surface area contributed by atoms with Gasteiger partial charge in [-0.25, -0.2) is 9.97 Å². The van der Waals surface area contributed by atoms with Gasteiger partial charge in [0, 0.05) is 18.8 Å². The summed E-state index contributed by atoms with van der Waals surface area (Å²) in [5.74, 6) is -0.308. The summed E-state index contributed by atoms with van der Waals surface area (Å²) in [6.45, 7) is 0. The van der Waals surface area contributed by atoms with Gasteiger partial charge in [-0.05, 0) is 6.42 Å². The molecule has 18 heavy (non-hydrogen) atoms. The number of anilines is 1. The van der Waals surface area contributed by atoms with Crippen LogP contribution in [0.5, 0.6) is 0 Å². The van der Waals surface area contributed by atoms with E-state index in [1.54, 1.807) is 0 Å². The number of imide groups is 1. The van der Waals surface area contributed by atoms with Gasteiger partial charge >= 0.3 is 0 Å². The molecule has 8 heteroatoms. The Hall–Kier alpha value is -2.09. The fraction of sp³-hybridized carbons (Fsp3) is 0.300. The molecule has 1 aliphatic heterocycles. The van der Waals surface area contributed by atoms with Crippen LogP contribution in [-0.4, -0.2) is 32.8 Å². The van der Waals surface area contributed by atoms with E-state index in [9.17, 15) is 9.59 Å². The average Bonchev–Trinajstić information content (AvgIpc) is 2.33. The number of piperidine rings is 1. The Morgan fingerprint density at radius 1 is 1.44 bits per heavy atom. The third-order valence-corrected chi connectivity index (χ3v) is 2.68. The smallest absolute Gasteiger partial charge is 0.249 e. The van der Waals surface area contributed by atoms with Crippen molar-refractivity contribution in [1.82, 2.24) is 15.3 Å². The van der Waals surface area contributed by atoms with E-state index in [2.05, 4.69) is 20.6 Å². The van der Waals surface area contributed by atoms with E-state index >= 15 is 0 Å². The first kappa shape index (κ1) is 12.4. The van der Waals surface area contributed by atoms with Crippen LogP contribution < -0.4 is 16.4 Å². The fourth-order valence-electron chi connectivity index (χ4n) is 1.62. The predicted molar refractivity (Wildman–Crippen MR) is 67.7 cm³/mol. The quantitative estimate of drug-likeness (QED) is 0.491. The van der Waals surface area contributed by atoms with Crippen LogP contribution in [0.1, 0.15) is 18.5 Å². The number of carbonyl (C=O) groups is 2. The zero-order chi connectivity index (χ0) is 13.1. The average molecular weight is 265 g/mol. The molecule has 0 spiro atoms. The van der Waals surface area contributed by atoms with E-state index in [4.69, 9.17) is 18.0 Å². The van der Waals surface area contributed by atoms with Crippen molar-refractivity contribution in [3.8, 4) is 0 Å². The van der Waals surface area contributed by atoms with E-state index < -0.39 is 6.04 Å². The molecule has 2 heterocycles. The van der Waals surface area contributed by atoms with Gasteiger partial charge in [-0.1, -0.05) is 12.2 Å². The van der Waals surface area contributed by atoms with E-state index in [1.165, 1.54) is 12.4 Å². The second-order valence-electron chi connectivity index (χ2n) is 3.77. The number of aromatic nitrogens is 2. The van der Waals surface area contributed by atoms with Gasteiger partial charge in [-0.15, -0.1) is 0 Å². The number of carbonyl (C=O) groups excluding carboxylic acids is 2. The molecule has 2 amide bonds. The first-order valence-corrected chi connectivity index (χ1v) is 5.70. The number of hydrogen-bond donors (Lipinski definition) is 3. The van der Waals surface area contributed by atoms with Gasteiger partial charge in [-0.2, -0.15) is 0 Å². The Labute approximate surface area is 108 Å². The molecule has 0 radical (unpaired) electrons. The zero-order valence-electron chi connectivity index (χ0n) is 9.34. The Balaban J connectivity index is 2.17. The summed E-state index contributed by atoms with van der Waals surface area (Å²) in [6.07, 6.45) is 3.62. The fourth-order valence-corrected chi connectivity index (χ4v) is 1.77. The van der Waals surface area contributed by atoms with Gasteiger partial charge < -0.3 is 11.1 Å². The van der Waals surface area contributed by atoms with Gasteiger partial charge in [0.25, 0.3) is 0 Å². The molecule has 94 valence electrons. The standard InChI is InChI=1S/C10H11N5O2S/c11-8(18)7-9(13-4-3-12-7)14-5-1-2-6(16)15-10(5)17/h3-5H,1-2H2,(H2,11,18)(H,13,14)(H,15,16,17). The summed E-state index contributed by atoms with van der Waals surface area (Å²) in [5, 5.41) is 5.14. The first-order valence-electron chi connectivity index (χ1n) is 5.29. The van der Waals surface area contributed by atoms with E-state index in [0.717, 1.165) is 0 Å². The minimum absolute atomic E-state index is 0.0953. The molecule has 1 fully saturated rings. The summed E-state index contributed by atoms with van der Waals surface area (Å²) < 4.78 is 0. The molecule has 2 rings (SSSR count). The van der Waals surface area contributed by atoms with Crippen molar-refractivity contribution in [3.63, 3.8) is 0 Å². The van der Waals surface area contributed by atoms with Crippen molar-refractivity contribution in [2.75, 3.05) is 5.32 Å². The second-order valence-corrected chi connectivity index (χ2v) is 4.21. The van der Waals surface area contributed by atoms with Crippen LogP contribution in [0, 0.1) is 0 Å². The lowest BCUT2D eigenvalue weighted by Crippen LogP contribution is -2.47. The molecule has 0 aliphatic carbocycles. The first-order chi connectivity index (χ1) is 8.58. The summed E-state index contributed by atoms with van der Waals surface area (Å²) in [5.41, 5.74) is 5.84. The predicted octanol–water partition coefficient (Wildman–Crippen LogP) is -0.672. The number of thiocarbonyl (C=S) groups is 1.